The van der Waals surface area contributed by atoms with Crippen LogP contribution in [0.3, 0.4) is 0 Å². The lowest BCUT2D eigenvalue weighted by Gasteiger charge is -2.25. The second-order valence-electron chi connectivity index (χ2n) is 4.35. The Morgan fingerprint density at radius 1 is 1.67 bits per heavy atom. The van der Waals surface area contributed by atoms with Gasteiger partial charge in [-0.2, -0.15) is 0 Å². The number of carbonyl (C=O) groups is 1. The highest BCUT2D eigenvalue weighted by atomic mass is 16.4. The predicted molar refractivity (Wildman–Crippen MR) is 64.3 cm³/mol. The van der Waals surface area contributed by atoms with Gasteiger partial charge in [-0.3, -0.25) is 0 Å². The molecule has 98 valence electrons. The molecule has 1 aliphatic rings. The van der Waals surface area contributed by atoms with Crippen molar-refractivity contribution >= 4 is 12.0 Å². The monoisotopic (exact) mass is 252 g/mol. The van der Waals surface area contributed by atoms with Crippen LogP contribution in [0.1, 0.15) is 18.2 Å². The van der Waals surface area contributed by atoms with Crippen LogP contribution in [0.15, 0.2) is 6.20 Å². The summed E-state index contributed by atoms with van der Waals surface area (Å²) in [6, 6.07) is -0.137. The van der Waals surface area contributed by atoms with Crippen LogP contribution >= 0.6 is 0 Å². The Morgan fingerprint density at radius 2 is 2.44 bits per heavy atom. The second kappa shape index (κ2) is 5.18. The standard InChI is InChI=1S/C11H16N4O3/c1-7(6-16)13-10-12-4-8-2-3-15(11(17)18)5-9(8)14-10/h4,7,16H,2-3,5-6H2,1H3,(H,17,18)(H,12,13,14)/t7-/m1/s1. The highest BCUT2D eigenvalue weighted by Gasteiger charge is 2.21. The molecule has 1 aliphatic heterocycles. The summed E-state index contributed by atoms with van der Waals surface area (Å²) in [7, 11) is 0. The Hall–Kier alpha value is -1.89. The van der Waals surface area contributed by atoms with E-state index in [9.17, 15) is 4.79 Å². The Balaban J connectivity index is 2.15. The van der Waals surface area contributed by atoms with Crippen molar-refractivity contribution in [1.29, 1.82) is 0 Å². The minimum Gasteiger partial charge on any atom is -0.465 e. The summed E-state index contributed by atoms with van der Waals surface area (Å²) < 4.78 is 0. The maximum Gasteiger partial charge on any atom is 0.407 e. The molecule has 18 heavy (non-hydrogen) atoms. The minimum absolute atomic E-state index is 0.0122. The normalized spacial score (nSPS) is 16.0. The summed E-state index contributed by atoms with van der Waals surface area (Å²) in [5.41, 5.74) is 1.71. The first-order chi connectivity index (χ1) is 8.60. The van der Waals surface area contributed by atoms with E-state index in [2.05, 4.69) is 15.3 Å². The summed E-state index contributed by atoms with van der Waals surface area (Å²) in [6.45, 7) is 2.56. The van der Waals surface area contributed by atoms with E-state index in [0.717, 1.165) is 11.3 Å². The first-order valence-electron chi connectivity index (χ1n) is 5.80. The third-order valence-electron chi connectivity index (χ3n) is 2.87. The number of anilines is 1. The molecule has 7 nitrogen and oxygen atoms in total. The van der Waals surface area contributed by atoms with Crippen LogP contribution in [0, 0.1) is 0 Å². The van der Waals surface area contributed by atoms with Crippen molar-refractivity contribution in [3.63, 3.8) is 0 Å². The molecule has 1 aromatic rings. The lowest BCUT2D eigenvalue weighted by molar-refractivity contribution is 0.139. The van der Waals surface area contributed by atoms with Crippen LogP contribution < -0.4 is 5.32 Å². The van der Waals surface area contributed by atoms with E-state index in [0.29, 0.717) is 18.9 Å². The van der Waals surface area contributed by atoms with Crippen molar-refractivity contribution in [2.75, 3.05) is 18.5 Å². The highest BCUT2D eigenvalue weighted by Crippen LogP contribution is 2.17. The molecule has 0 aromatic carbocycles. The molecule has 7 heteroatoms. The molecule has 1 aromatic heterocycles. The molecule has 0 bridgehead atoms. The fraction of sp³-hybridized carbons (Fsp3) is 0.545. The SMILES string of the molecule is C[C@H](CO)Nc1ncc2c(n1)CN(C(=O)O)CC2. The largest absolute Gasteiger partial charge is 0.465 e. The molecular formula is C11H16N4O3. The quantitative estimate of drug-likeness (QED) is 0.716. The molecule has 2 heterocycles. The van der Waals surface area contributed by atoms with E-state index in [1.165, 1.54) is 4.90 Å². The second-order valence-corrected chi connectivity index (χ2v) is 4.35. The van der Waals surface area contributed by atoms with Crippen LogP contribution in [-0.4, -0.2) is 50.4 Å². The van der Waals surface area contributed by atoms with Crippen LogP contribution in [0.2, 0.25) is 0 Å². The molecule has 1 amide bonds. The lowest BCUT2D eigenvalue weighted by atomic mass is 10.1. The number of hydrogen-bond donors (Lipinski definition) is 3. The number of carboxylic acid groups (broad SMARTS) is 1. The van der Waals surface area contributed by atoms with Crippen molar-refractivity contribution < 1.29 is 15.0 Å². The summed E-state index contributed by atoms with van der Waals surface area (Å²) >= 11 is 0. The zero-order chi connectivity index (χ0) is 13.1. The summed E-state index contributed by atoms with van der Waals surface area (Å²) in [4.78, 5) is 20.7. The van der Waals surface area contributed by atoms with E-state index in [4.69, 9.17) is 10.2 Å². The van der Waals surface area contributed by atoms with Gasteiger partial charge in [0.05, 0.1) is 18.8 Å². The van der Waals surface area contributed by atoms with Gasteiger partial charge in [0.25, 0.3) is 0 Å². The molecule has 0 saturated carbocycles. The van der Waals surface area contributed by atoms with Crippen molar-refractivity contribution in [1.82, 2.24) is 14.9 Å². The van der Waals surface area contributed by atoms with Gasteiger partial charge >= 0.3 is 6.09 Å². The molecule has 0 aliphatic carbocycles. The number of rotatable bonds is 3. The van der Waals surface area contributed by atoms with E-state index in [-0.39, 0.29) is 19.2 Å². The predicted octanol–water partition coefficient (Wildman–Crippen LogP) is 0.305. The summed E-state index contributed by atoms with van der Waals surface area (Å²) in [5, 5.41) is 20.8. The lowest BCUT2D eigenvalue weighted by Crippen LogP contribution is -2.35. The minimum atomic E-state index is -0.933. The zero-order valence-electron chi connectivity index (χ0n) is 10.1. The van der Waals surface area contributed by atoms with E-state index >= 15 is 0 Å². The van der Waals surface area contributed by atoms with Gasteiger partial charge in [0.15, 0.2) is 0 Å². The fourth-order valence-electron chi connectivity index (χ4n) is 1.80. The van der Waals surface area contributed by atoms with Gasteiger partial charge in [0.2, 0.25) is 5.95 Å². The average molecular weight is 252 g/mol. The number of amides is 1. The Morgan fingerprint density at radius 3 is 3.11 bits per heavy atom. The zero-order valence-corrected chi connectivity index (χ0v) is 10.1. The van der Waals surface area contributed by atoms with Crippen molar-refractivity contribution in [3.8, 4) is 0 Å². The molecule has 3 N–H and O–H groups in total. The molecular weight excluding hydrogens is 236 g/mol. The molecule has 0 unspecified atom stereocenters. The number of fused-ring (bicyclic) bond motifs is 1. The number of nitrogens with zero attached hydrogens (tertiary/aromatic N) is 3. The van der Waals surface area contributed by atoms with E-state index in [1.807, 2.05) is 6.92 Å². The summed E-state index contributed by atoms with van der Waals surface area (Å²) in [5.74, 6) is 0.419. The molecule has 1 atom stereocenters. The van der Waals surface area contributed by atoms with E-state index in [1.54, 1.807) is 6.20 Å². The first kappa shape index (κ1) is 12.6. The maximum absolute atomic E-state index is 10.9. The molecule has 0 fully saturated rings. The third-order valence-corrected chi connectivity index (χ3v) is 2.87. The average Bonchev–Trinajstić information content (AvgIpc) is 2.37. The Bertz CT molecular complexity index is 452. The number of aromatic nitrogens is 2. The van der Waals surface area contributed by atoms with Crippen molar-refractivity contribution in [3.05, 3.63) is 17.5 Å². The van der Waals surface area contributed by atoms with Gasteiger partial charge in [-0.1, -0.05) is 0 Å². The van der Waals surface area contributed by atoms with Gasteiger partial charge in [-0.25, -0.2) is 14.8 Å². The van der Waals surface area contributed by atoms with Crippen LogP contribution in [0.5, 0.6) is 0 Å². The number of aliphatic hydroxyl groups excluding tert-OH is 1. The molecule has 2 rings (SSSR count). The van der Waals surface area contributed by atoms with Crippen molar-refractivity contribution in [2.45, 2.75) is 25.9 Å². The first-order valence-corrected chi connectivity index (χ1v) is 5.80. The van der Waals surface area contributed by atoms with Gasteiger partial charge in [0, 0.05) is 18.8 Å². The topological polar surface area (TPSA) is 98.6 Å². The number of hydrogen-bond acceptors (Lipinski definition) is 5. The van der Waals surface area contributed by atoms with Gasteiger partial charge in [-0.15, -0.1) is 0 Å². The van der Waals surface area contributed by atoms with Gasteiger partial charge in [-0.05, 0) is 18.9 Å². The highest BCUT2D eigenvalue weighted by molar-refractivity contribution is 5.65. The van der Waals surface area contributed by atoms with Crippen molar-refractivity contribution in [2.24, 2.45) is 0 Å². The Labute approximate surface area is 104 Å². The fourth-order valence-corrected chi connectivity index (χ4v) is 1.80. The summed E-state index contributed by atoms with van der Waals surface area (Å²) in [6.07, 6.45) is 1.42. The molecule has 0 saturated heterocycles. The van der Waals surface area contributed by atoms with Gasteiger partial charge in [0.1, 0.15) is 0 Å². The maximum atomic E-state index is 10.9. The van der Waals surface area contributed by atoms with Crippen LogP contribution in [-0.2, 0) is 13.0 Å². The number of nitrogens with one attached hydrogen (secondary N) is 1. The van der Waals surface area contributed by atoms with Crippen LogP contribution in [0.4, 0.5) is 10.7 Å². The smallest absolute Gasteiger partial charge is 0.407 e. The Kier molecular flexibility index (Phi) is 3.61. The van der Waals surface area contributed by atoms with E-state index < -0.39 is 6.09 Å². The molecule has 0 spiro atoms. The third kappa shape index (κ3) is 2.67. The van der Waals surface area contributed by atoms with Crippen LogP contribution in [0.25, 0.3) is 0 Å². The number of aliphatic hydroxyl groups is 1. The van der Waals surface area contributed by atoms with Gasteiger partial charge < -0.3 is 20.4 Å². The molecule has 0 radical (unpaired) electrons.